The summed E-state index contributed by atoms with van der Waals surface area (Å²) in [5.74, 6) is 0. The number of hydrogen-bond donors (Lipinski definition) is 2. The minimum Gasteiger partial charge on any atom is -0.386 e. The van der Waals surface area contributed by atoms with Crippen LogP contribution in [0.5, 0.6) is 0 Å². The van der Waals surface area contributed by atoms with Crippen LogP contribution in [0.15, 0.2) is 11.8 Å². The van der Waals surface area contributed by atoms with E-state index in [0.717, 1.165) is 5.70 Å². The lowest BCUT2D eigenvalue weighted by molar-refractivity contribution is 0.807. The minimum absolute atomic E-state index is 0.709. The highest BCUT2D eigenvalue weighted by Gasteiger charge is 2.19. The van der Waals surface area contributed by atoms with E-state index in [1.54, 1.807) is 6.08 Å². The summed E-state index contributed by atoms with van der Waals surface area (Å²) in [6, 6.07) is 0.709. The fourth-order valence-corrected chi connectivity index (χ4v) is 0.723. The van der Waals surface area contributed by atoms with E-state index in [4.69, 9.17) is 5.41 Å². The van der Waals surface area contributed by atoms with Crippen LogP contribution >= 0.6 is 0 Å². The predicted molar refractivity (Wildman–Crippen MR) is 38.7 cm³/mol. The second-order valence-corrected chi connectivity index (χ2v) is 2.43. The first-order chi connectivity index (χ1) is 4.33. The Morgan fingerprint density at radius 3 is 2.78 bits per heavy atom. The molecule has 50 valence electrons. The van der Waals surface area contributed by atoms with Crippen LogP contribution in [0, 0.1) is 5.41 Å². The third-order valence-corrected chi connectivity index (χ3v) is 1.34. The molecule has 0 aromatic carbocycles. The summed E-state index contributed by atoms with van der Waals surface area (Å²) in [5, 5.41) is 10.0. The first kappa shape index (κ1) is 6.33. The molecule has 2 nitrogen and oxygen atoms in total. The summed E-state index contributed by atoms with van der Waals surface area (Å²) >= 11 is 0. The van der Waals surface area contributed by atoms with Crippen LogP contribution in [0.2, 0.25) is 0 Å². The molecule has 0 bridgehead atoms. The first-order valence-electron chi connectivity index (χ1n) is 3.27. The summed E-state index contributed by atoms with van der Waals surface area (Å²) in [6.07, 6.45) is 5.68. The van der Waals surface area contributed by atoms with Gasteiger partial charge in [-0.05, 0) is 25.8 Å². The molecule has 1 aliphatic carbocycles. The van der Waals surface area contributed by atoms with Crippen molar-refractivity contribution in [3.8, 4) is 0 Å². The standard InChI is InChI=1S/C7H12N2/c1-6(4-5-8)9-7-2-3-7/h4-5,7-9H,2-3H2,1H3/b6-4-,8-5?. The van der Waals surface area contributed by atoms with Crippen molar-refractivity contribution in [2.75, 3.05) is 0 Å². The number of rotatable bonds is 3. The van der Waals surface area contributed by atoms with E-state index in [9.17, 15) is 0 Å². The Morgan fingerprint density at radius 2 is 2.33 bits per heavy atom. The molecule has 1 rings (SSSR count). The molecule has 0 atom stereocenters. The smallest absolute Gasteiger partial charge is 0.0259 e. The molecular weight excluding hydrogens is 112 g/mol. The Kier molecular flexibility index (Phi) is 1.88. The minimum atomic E-state index is 0.709. The highest BCUT2D eigenvalue weighted by Crippen LogP contribution is 2.19. The lowest BCUT2D eigenvalue weighted by Gasteiger charge is -2.00. The van der Waals surface area contributed by atoms with Gasteiger partial charge in [0.1, 0.15) is 0 Å². The fourth-order valence-electron chi connectivity index (χ4n) is 0.723. The van der Waals surface area contributed by atoms with Crippen molar-refractivity contribution in [2.24, 2.45) is 0 Å². The van der Waals surface area contributed by atoms with Gasteiger partial charge in [0.2, 0.25) is 0 Å². The summed E-state index contributed by atoms with van der Waals surface area (Å²) in [6.45, 7) is 1.99. The molecule has 1 saturated carbocycles. The molecule has 0 aromatic heterocycles. The molecule has 0 radical (unpaired) electrons. The molecule has 9 heavy (non-hydrogen) atoms. The molecule has 0 saturated heterocycles. The normalized spacial score (nSPS) is 19.4. The van der Waals surface area contributed by atoms with Crippen LogP contribution in [0.3, 0.4) is 0 Å². The van der Waals surface area contributed by atoms with Crippen molar-refractivity contribution in [1.82, 2.24) is 5.32 Å². The second-order valence-electron chi connectivity index (χ2n) is 2.43. The van der Waals surface area contributed by atoms with E-state index >= 15 is 0 Å². The van der Waals surface area contributed by atoms with Gasteiger partial charge in [0.15, 0.2) is 0 Å². The van der Waals surface area contributed by atoms with Gasteiger partial charge in [-0.1, -0.05) is 0 Å². The van der Waals surface area contributed by atoms with Crippen molar-refractivity contribution < 1.29 is 0 Å². The van der Waals surface area contributed by atoms with Gasteiger partial charge < -0.3 is 10.7 Å². The van der Waals surface area contributed by atoms with E-state index in [2.05, 4.69) is 5.32 Å². The molecule has 2 N–H and O–H groups in total. The van der Waals surface area contributed by atoms with Crippen LogP contribution < -0.4 is 5.32 Å². The maximum atomic E-state index is 6.76. The summed E-state index contributed by atoms with van der Waals surface area (Å²) in [4.78, 5) is 0. The Morgan fingerprint density at radius 1 is 1.67 bits per heavy atom. The van der Waals surface area contributed by atoms with E-state index in [-0.39, 0.29) is 0 Å². The Bertz CT molecular complexity index is 134. The predicted octanol–water partition coefficient (Wildman–Crippen LogP) is 1.29. The lowest BCUT2D eigenvalue weighted by Crippen LogP contribution is -2.12. The third kappa shape index (κ3) is 2.31. The van der Waals surface area contributed by atoms with E-state index in [1.165, 1.54) is 19.1 Å². The molecule has 1 aliphatic rings. The summed E-state index contributed by atoms with van der Waals surface area (Å²) in [7, 11) is 0. The van der Waals surface area contributed by atoms with Crippen molar-refractivity contribution >= 4 is 6.21 Å². The molecule has 0 heterocycles. The van der Waals surface area contributed by atoms with Crippen LogP contribution in [-0.4, -0.2) is 12.3 Å². The van der Waals surface area contributed by atoms with Gasteiger partial charge in [0.25, 0.3) is 0 Å². The van der Waals surface area contributed by atoms with Gasteiger partial charge in [0.05, 0.1) is 0 Å². The van der Waals surface area contributed by atoms with Crippen LogP contribution in [-0.2, 0) is 0 Å². The topological polar surface area (TPSA) is 35.9 Å². The Hall–Kier alpha value is -0.790. The molecule has 1 fully saturated rings. The van der Waals surface area contributed by atoms with Gasteiger partial charge in [-0.3, -0.25) is 0 Å². The van der Waals surface area contributed by atoms with Crippen molar-refractivity contribution in [3.63, 3.8) is 0 Å². The third-order valence-electron chi connectivity index (χ3n) is 1.34. The number of allylic oxidation sites excluding steroid dienone is 2. The zero-order valence-corrected chi connectivity index (χ0v) is 5.65. The van der Waals surface area contributed by atoms with Crippen molar-refractivity contribution in [3.05, 3.63) is 11.8 Å². The second kappa shape index (κ2) is 2.67. The van der Waals surface area contributed by atoms with Crippen molar-refractivity contribution in [1.29, 1.82) is 5.41 Å². The molecule has 0 aromatic rings. The highest BCUT2D eigenvalue weighted by atomic mass is 15.0. The monoisotopic (exact) mass is 124 g/mol. The average Bonchev–Trinajstić information content (AvgIpc) is 2.50. The van der Waals surface area contributed by atoms with Gasteiger partial charge >= 0.3 is 0 Å². The van der Waals surface area contributed by atoms with Gasteiger partial charge in [-0.15, -0.1) is 0 Å². The quantitative estimate of drug-likeness (QED) is 0.546. The first-order valence-corrected chi connectivity index (χ1v) is 3.27. The Labute approximate surface area is 55.5 Å². The van der Waals surface area contributed by atoms with E-state index < -0.39 is 0 Å². The van der Waals surface area contributed by atoms with Crippen LogP contribution in [0.25, 0.3) is 0 Å². The summed E-state index contributed by atoms with van der Waals surface area (Å²) in [5.41, 5.74) is 1.10. The molecule has 2 heteroatoms. The van der Waals surface area contributed by atoms with Gasteiger partial charge in [-0.25, -0.2) is 0 Å². The largest absolute Gasteiger partial charge is 0.386 e. The van der Waals surface area contributed by atoms with Crippen molar-refractivity contribution in [2.45, 2.75) is 25.8 Å². The van der Waals surface area contributed by atoms with Crippen LogP contribution in [0.1, 0.15) is 19.8 Å². The molecule has 0 amide bonds. The average molecular weight is 124 g/mol. The fraction of sp³-hybridized carbons (Fsp3) is 0.571. The maximum absolute atomic E-state index is 6.76. The lowest BCUT2D eigenvalue weighted by atomic mass is 10.4. The number of nitrogens with one attached hydrogen (secondary N) is 2. The summed E-state index contributed by atoms with van der Waals surface area (Å²) < 4.78 is 0. The molecule has 0 spiro atoms. The maximum Gasteiger partial charge on any atom is 0.0259 e. The van der Waals surface area contributed by atoms with E-state index in [0.29, 0.717) is 6.04 Å². The molecule has 0 unspecified atom stereocenters. The Balaban J connectivity index is 2.23. The van der Waals surface area contributed by atoms with Gasteiger partial charge in [-0.2, -0.15) is 0 Å². The molecule has 0 aliphatic heterocycles. The zero-order valence-electron chi connectivity index (χ0n) is 5.65. The number of hydrogen-bond acceptors (Lipinski definition) is 2. The molecular formula is C7H12N2. The van der Waals surface area contributed by atoms with E-state index in [1.807, 2.05) is 6.92 Å². The zero-order chi connectivity index (χ0) is 6.69. The SMILES string of the molecule is C/C(=C/C=N)NC1CC1. The highest BCUT2D eigenvalue weighted by molar-refractivity contribution is 5.68. The van der Waals surface area contributed by atoms with Crippen LogP contribution in [0.4, 0.5) is 0 Å². The van der Waals surface area contributed by atoms with Gasteiger partial charge in [0, 0.05) is 18.0 Å².